The fraction of sp³-hybridized carbons (Fsp3) is 0.316. The van der Waals surface area contributed by atoms with Crippen LogP contribution in [0.2, 0.25) is 0 Å². The van der Waals surface area contributed by atoms with Crippen LogP contribution in [-0.4, -0.2) is 11.9 Å². The van der Waals surface area contributed by atoms with Gasteiger partial charge in [0.1, 0.15) is 0 Å². The molecule has 24 heavy (non-hydrogen) atoms. The SMILES string of the molecule is CC(C)c1ccc(NC(=S)NC(C)c2ccc3c(c2)OCO3)cc1. The molecule has 0 spiro atoms. The van der Waals surface area contributed by atoms with Gasteiger partial charge in [-0.1, -0.05) is 32.0 Å². The van der Waals surface area contributed by atoms with E-state index in [4.69, 9.17) is 21.7 Å². The molecule has 0 aliphatic carbocycles. The van der Waals surface area contributed by atoms with Crippen molar-refractivity contribution in [1.29, 1.82) is 0 Å². The van der Waals surface area contributed by atoms with Crippen LogP contribution in [-0.2, 0) is 0 Å². The Hall–Kier alpha value is -2.27. The summed E-state index contributed by atoms with van der Waals surface area (Å²) < 4.78 is 10.8. The van der Waals surface area contributed by atoms with Gasteiger partial charge < -0.3 is 20.1 Å². The first-order valence-electron chi connectivity index (χ1n) is 8.10. The quantitative estimate of drug-likeness (QED) is 0.796. The number of anilines is 1. The Morgan fingerprint density at radius 3 is 2.33 bits per heavy atom. The first-order chi connectivity index (χ1) is 11.5. The second-order valence-corrected chi connectivity index (χ2v) is 6.62. The van der Waals surface area contributed by atoms with E-state index in [0.717, 1.165) is 22.7 Å². The van der Waals surface area contributed by atoms with Crippen molar-refractivity contribution < 1.29 is 9.47 Å². The first-order valence-corrected chi connectivity index (χ1v) is 8.51. The number of thiocarbonyl (C=S) groups is 1. The molecule has 4 nitrogen and oxygen atoms in total. The zero-order valence-electron chi connectivity index (χ0n) is 14.1. The molecule has 126 valence electrons. The van der Waals surface area contributed by atoms with Crippen LogP contribution in [0.4, 0.5) is 5.69 Å². The third-order valence-electron chi connectivity index (χ3n) is 4.08. The molecule has 2 aromatic rings. The van der Waals surface area contributed by atoms with E-state index in [0.29, 0.717) is 11.0 Å². The molecule has 0 aromatic heterocycles. The molecule has 0 fully saturated rings. The second kappa shape index (κ2) is 7.09. The molecule has 1 aliphatic heterocycles. The van der Waals surface area contributed by atoms with Gasteiger partial charge in [-0.15, -0.1) is 0 Å². The first kappa shape index (κ1) is 16.6. The standard InChI is InChI=1S/C19H22N2O2S/c1-12(2)14-4-7-16(8-5-14)21-19(24)20-13(3)15-6-9-17-18(10-15)23-11-22-17/h4-10,12-13H,11H2,1-3H3,(H2,20,21,24). The highest BCUT2D eigenvalue weighted by Crippen LogP contribution is 2.34. The van der Waals surface area contributed by atoms with E-state index in [-0.39, 0.29) is 12.8 Å². The highest BCUT2D eigenvalue weighted by molar-refractivity contribution is 7.80. The summed E-state index contributed by atoms with van der Waals surface area (Å²) in [6.45, 7) is 6.71. The molecular weight excluding hydrogens is 320 g/mol. The number of benzene rings is 2. The highest BCUT2D eigenvalue weighted by Gasteiger charge is 2.16. The largest absolute Gasteiger partial charge is 0.454 e. The summed E-state index contributed by atoms with van der Waals surface area (Å²) in [6.07, 6.45) is 0. The van der Waals surface area contributed by atoms with Gasteiger partial charge in [0, 0.05) is 5.69 Å². The molecule has 0 amide bonds. The topological polar surface area (TPSA) is 42.5 Å². The smallest absolute Gasteiger partial charge is 0.231 e. The van der Waals surface area contributed by atoms with Crippen LogP contribution in [0.15, 0.2) is 42.5 Å². The molecule has 1 unspecified atom stereocenters. The lowest BCUT2D eigenvalue weighted by molar-refractivity contribution is 0.174. The Morgan fingerprint density at radius 2 is 1.62 bits per heavy atom. The maximum absolute atomic E-state index is 5.42. The van der Waals surface area contributed by atoms with Crippen molar-refractivity contribution in [3.63, 3.8) is 0 Å². The van der Waals surface area contributed by atoms with Gasteiger partial charge >= 0.3 is 0 Å². The maximum atomic E-state index is 5.42. The average Bonchev–Trinajstić information content (AvgIpc) is 3.02. The maximum Gasteiger partial charge on any atom is 0.231 e. The van der Waals surface area contributed by atoms with Crippen molar-refractivity contribution in [2.75, 3.05) is 12.1 Å². The number of hydrogen-bond acceptors (Lipinski definition) is 3. The number of ether oxygens (including phenoxy) is 2. The van der Waals surface area contributed by atoms with Crippen LogP contribution in [0.3, 0.4) is 0 Å². The summed E-state index contributed by atoms with van der Waals surface area (Å²) in [7, 11) is 0. The van der Waals surface area contributed by atoms with Crippen LogP contribution in [0.5, 0.6) is 11.5 Å². The third kappa shape index (κ3) is 3.79. The average molecular weight is 342 g/mol. The number of nitrogens with one attached hydrogen (secondary N) is 2. The molecule has 5 heteroatoms. The van der Waals surface area contributed by atoms with E-state index in [2.05, 4.69) is 55.7 Å². The highest BCUT2D eigenvalue weighted by atomic mass is 32.1. The molecule has 1 heterocycles. The van der Waals surface area contributed by atoms with Gasteiger partial charge in [-0.05, 0) is 60.5 Å². The number of fused-ring (bicyclic) bond motifs is 1. The van der Waals surface area contributed by atoms with Gasteiger partial charge in [0.2, 0.25) is 6.79 Å². The van der Waals surface area contributed by atoms with Crippen molar-refractivity contribution in [3.05, 3.63) is 53.6 Å². The van der Waals surface area contributed by atoms with Gasteiger partial charge in [-0.25, -0.2) is 0 Å². The molecule has 2 aromatic carbocycles. The molecule has 1 atom stereocenters. The number of rotatable bonds is 4. The normalized spacial score (nSPS) is 13.7. The van der Waals surface area contributed by atoms with Gasteiger partial charge in [0.25, 0.3) is 0 Å². The van der Waals surface area contributed by atoms with Crippen LogP contribution in [0.1, 0.15) is 43.9 Å². The zero-order chi connectivity index (χ0) is 17.1. The zero-order valence-corrected chi connectivity index (χ0v) is 14.9. The summed E-state index contributed by atoms with van der Waals surface area (Å²) in [5.41, 5.74) is 3.39. The van der Waals surface area contributed by atoms with Crippen LogP contribution in [0, 0.1) is 0 Å². The molecule has 0 bridgehead atoms. The minimum Gasteiger partial charge on any atom is -0.454 e. The Bertz CT molecular complexity index is 729. The van der Waals surface area contributed by atoms with Crippen molar-refractivity contribution in [2.24, 2.45) is 0 Å². The molecule has 1 aliphatic rings. The van der Waals surface area contributed by atoms with Gasteiger partial charge in [0.05, 0.1) is 6.04 Å². The minimum absolute atomic E-state index is 0.0643. The minimum atomic E-state index is 0.0643. The van der Waals surface area contributed by atoms with Gasteiger partial charge in [-0.3, -0.25) is 0 Å². The van der Waals surface area contributed by atoms with Gasteiger partial charge in [-0.2, -0.15) is 0 Å². The fourth-order valence-electron chi connectivity index (χ4n) is 2.58. The Kier molecular flexibility index (Phi) is 4.90. The predicted molar refractivity (Wildman–Crippen MR) is 101 cm³/mol. The van der Waals surface area contributed by atoms with Crippen molar-refractivity contribution in [2.45, 2.75) is 32.7 Å². The lowest BCUT2D eigenvalue weighted by atomic mass is 10.0. The molecule has 0 saturated carbocycles. The molecule has 0 radical (unpaired) electrons. The Labute approximate surface area is 148 Å². The second-order valence-electron chi connectivity index (χ2n) is 6.21. The van der Waals surface area contributed by atoms with Crippen LogP contribution < -0.4 is 20.1 Å². The van der Waals surface area contributed by atoms with E-state index in [1.54, 1.807) is 0 Å². The lowest BCUT2D eigenvalue weighted by Crippen LogP contribution is -2.30. The predicted octanol–water partition coefficient (Wildman–Crippen LogP) is 4.59. The van der Waals surface area contributed by atoms with Crippen LogP contribution in [0.25, 0.3) is 0 Å². The summed E-state index contributed by atoms with van der Waals surface area (Å²) in [5, 5.41) is 7.12. The Morgan fingerprint density at radius 1 is 0.958 bits per heavy atom. The molecular formula is C19H22N2O2S. The van der Waals surface area contributed by atoms with Crippen molar-refractivity contribution >= 4 is 23.0 Å². The van der Waals surface area contributed by atoms with E-state index < -0.39 is 0 Å². The monoisotopic (exact) mass is 342 g/mol. The molecule has 3 rings (SSSR count). The van der Waals surface area contributed by atoms with E-state index in [9.17, 15) is 0 Å². The van der Waals surface area contributed by atoms with Crippen molar-refractivity contribution in [3.8, 4) is 11.5 Å². The molecule has 2 N–H and O–H groups in total. The summed E-state index contributed by atoms with van der Waals surface area (Å²) >= 11 is 5.42. The van der Waals surface area contributed by atoms with E-state index in [1.807, 2.05) is 18.2 Å². The summed E-state index contributed by atoms with van der Waals surface area (Å²) in [4.78, 5) is 0. The van der Waals surface area contributed by atoms with Gasteiger partial charge in [0.15, 0.2) is 16.6 Å². The third-order valence-corrected chi connectivity index (χ3v) is 4.30. The number of hydrogen-bond donors (Lipinski definition) is 2. The summed E-state index contributed by atoms with van der Waals surface area (Å²) in [6, 6.07) is 14.3. The molecule has 0 saturated heterocycles. The lowest BCUT2D eigenvalue weighted by Gasteiger charge is -2.18. The van der Waals surface area contributed by atoms with E-state index in [1.165, 1.54) is 5.56 Å². The van der Waals surface area contributed by atoms with E-state index >= 15 is 0 Å². The van der Waals surface area contributed by atoms with Crippen molar-refractivity contribution in [1.82, 2.24) is 5.32 Å². The fourth-order valence-corrected chi connectivity index (χ4v) is 2.88. The summed E-state index contributed by atoms with van der Waals surface area (Å²) in [5.74, 6) is 2.09. The Balaban J connectivity index is 1.59. The van der Waals surface area contributed by atoms with Crippen LogP contribution >= 0.6 is 12.2 Å².